The maximum atomic E-state index is 5.32. The first-order chi connectivity index (χ1) is 7.59. The molecule has 0 aromatic carbocycles. The minimum atomic E-state index is 0.614. The van der Waals surface area contributed by atoms with Crippen LogP contribution in [0.4, 0.5) is 0 Å². The highest BCUT2D eigenvalue weighted by Crippen LogP contribution is 2.17. The van der Waals surface area contributed by atoms with Crippen molar-refractivity contribution in [2.45, 2.75) is 58.9 Å². The zero-order valence-electron chi connectivity index (χ0n) is 10.9. The van der Waals surface area contributed by atoms with Crippen molar-refractivity contribution in [1.29, 1.82) is 0 Å². The summed E-state index contributed by atoms with van der Waals surface area (Å²) < 4.78 is 0. The van der Waals surface area contributed by atoms with Crippen LogP contribution in [0.1, 0.15) is 52.9 Å². The van der Waals surface area contributed by atoms with Gasteiger partial charge in [0, 0.05) is 12.6 Å². The third-order valence-corrected chi connectivity index (χ3v) is 3.93. The minimum Gasteiger partial charge on any atom is -0.362 e. The smallest absolute Gasteiger partial charge is 0.166 e. The average Bonchev–Trinajstić information content (AvgIpc) is 2.27. The molecule has 1 aliphatic rings. The SMILES string of the molecule is CC(C)C(C)CNC(=S)NC1CCCCC1. The lowest BCUT2D eigenvalue weighted by atomic mass is 9.96. The summed E-state index contributed by atoms with van der Waals surface area (Å²) in [6, 6.07) is 0.614. The maximum Gasteiger partial charge on any atom is 0.166 e. The summed E-state index contributed by atoms with van der Waals surface area (Å²) in [5.74, 6) is 1.39. The second-order valence-electron chi connectivity index (χ2n) is 5.41. The van der Waals surface area contributed by atoms with Crippen LogP contribution < -0.4 is 10.6 Å². The predicted octanol–water partition coefficient (Wildman–Crippen LogP) is 3.08. The van der Waals surface area contributed by atoms with Gasteiger partial charge in [0.2, 0.25) is 0 Å². The molecule has 0 heterocycles. The number of hydrogen-bond donors (Lipinski definition) is 2. The Labute approximate surface area is 106 Å². The summed E-state index contributed by atoms with van der Waals surface area (Å²) in [7, 11) is 0. The van der Waals surface area contributed by atoms with Gasteiger partial charge in [0.05, 0.1) is 0 Å². The summed E-state index contributed by atoms with van der Waals surface area (Å²) >= 11 is 5.32. The number of thiocarbonyl (C=S) groups is 1. The molecule has 0 aromatic heterocycles. The van der Waals surface area contributed by atoms with Crippen LogP contribution >= 0.6 is 12.2 Å². The molecule has 0 aliphatic heterocycles. The third-order valence-electron chi connectivity index (χ3n) is 3.66. The number of rotatable bonds is 4. The summed E-state index contributed by atoms with van der Waals surface area (Å²) in [5, 5.41) is 7.61. The molecule has 1 atom stereocenters. The standard InChI is InChI=1S/C13H26N2S/c1-10(2)11(3)9-14-13(16)15-12-7-5-4-6-8-12/h10-12H,4-9H2,1-3H3,(H2,14,15,16). The van der Waals surface area contributed by atoms with Gasteiger partial charge in [-0.25, -0.2) is 0 Å². The van der Waals surface area contributed by atoms with Crippen LogP contribution in [0.5, 0.6) is 0 Å². The topological polar surface area (TPSA) is 24.1 Å². The minimum absolute atomic E-state index is 0.614. The van der Waals surface area contributed by atoms with Crippen molar-refractivity contribution in [2.24, 2.45) is 11.8 Å². The fourth-order valence-electron chi connectivity index (χ4n) is 1.97. The Balaban J connectivity index is 2.14. The Kier molecular flexibility index (Phi) is 6.10. The van der Waals surface area contributed by atoms with Crippen LogP contribution in [0.2, 0.25) is 0 Å². The average molecular weight is 242 g/mol. The van der Waals surface area contributed by atoms with Crippen molar-refractivity contribution in [1.82, 2.24) is 10.6 Å². The Bertz CT molecular complexity index is 210. The zero-order chi connectivity index (χ0) is 12.0. The first-order valence-electron chi connectivity index (χ1n) is 6.64. The van der Waals surface area contributed by atoms with Crippen LogP contribution in [0.25, 0.3) is 0 Å². The highest BCUT2D eigenvalue weighted by atomic mass is 32.1. The predicted molar refractivity (Wildman–Crippen MR) is 74.6 cm³/mol. The van der Waals surface area contributed by atoms with Gasteiger partial charge in [-0.3, -0.25) is 0 Å². The van der Waals surface area contributed by atoms with E-state index in [0.29, 0.717) is 17.9 Å². The summed E-state index contributed by atoms with van der Waals surface area (Å²) in [6.45, 7) is 7.75. The molecule has 2 nitrogen and oxygen atoms in total. The van der Waals surface area contributed by atoms with Crippen LogP contribution in [0.15, 0.2) is 0 Å². The van der Waals surface area contributed by atoms with Gasteiger partial charge < -0.3 is 10.6 Å². The Morgan fingerprint density at radius 2 is 1.81 bits per heavy atom. The molecular weight excluding hydrogens is 216 g/mol. The third kappa shape index (κ3) is 5.15. The fourth-order valence-corrected chi connectivity index (χ4v) is 2.22. The van der Waals surface area contributed by atoms with E-state index in [4.69, 9.17) is 12.2 Å². The second-order valence-corrected chi connectivity index (χ2v) is 5.82. The molecule has 0 aromatic rings. The van der Waals surface area contributed by atoms with Crippen molar-refractivity contribution < 1.29 is 0 Å². The Morgan fingerprint density at radius 1 is 1.19 bits per heavy atom. The highest BCUT2D eigenvalue weighted by Gasteiger charge is 2.14. The molecule has 0 bridgehead atoms. The van der Waals surface area contributed by atoms with Gasteiger partial charge in [-0.15, -0.1) is 0 Å². The van der Waals surface area contributed by atoms with Gasteiger partial charge in [-0.2, -0.15) is 0 Å². The van der Waals surface area contributed by atoms with Crippen molar-refractivity contribution >= 4 is 17.3 Å². The van der Waals surface area contributed by atoms with E-state index in [9.17, 15) is 0 Å². The molecule has 0 spiro atoms. The van der Waals surface area contributed by atoms with E-state index >= 15 is 0 Å². The molecule has 0 radical (unpaired) electrons. The van der Waals surface area contributed by atoms with E-state index in [2.05, 4.69) is 31.4 Å². The van der Waals surface area contributed by atoms with Crippen molar-refractivity contribution in [2.75, 3.05) is 6.54 Å². The Morgan fingerprint density at radius 3 is 2.38 bits per heavy atom. The first-order valence-corrected chi connectivity index (χ1v) is 7.04. The Hall–Kier alpha value is -0.310. The summed E-state index contributed by atoms with van der Waals surface area (Å²) in [4.78, 5) is 0. The molecule has 0 saturated heterocycles. The van der Waals surface area contributed by atoms with E-state index in [-0.39, 0.29) is 0 Å². The van der Waals surface area contributed by atoms with E-state index in [0.717, 1.165) is 11.7 Å². The van der Waals surface area contributed by atoms with E-state index in [1.54, 1.807) is 0 Å². The lowest BCUT2D eigenvalue weighted by Gasteiger charge is -2.25. The number of hydrogen-bond acceptors (Lipinski definition) is 1. The summed E-state index contributed by atoms with van der Waals surface area (Å²) in [6.07, 6.45) is 6.65. The number of nitrogens with one attached hydrogen (secondary N) is 2. The van der Waals surface area contributed by atoms with Crippen LogP contribution in [-0.2, 0) is 0 Å². The molecule has 1 saturated carbocycles. The van der Waals surface area contributed by atoms with Gasteiger partial charge >= 0.3 is 0 Å². The van der Waals surface area contributed by atoms with Gasteiger partial charge in [0.15, 0.2) is 5.11 Å². The normalized spacial score (nSPS) is 19.5. The van der Waals surface area contributed by atoms with E-state index < -0.39 is 0 Å². The summed E-state index contributed by atoms with van der Waals surface area (Å²) in [5.41, 5.74) is 0. The molecule has 1 unspecified atom stereocenters. The molecular formula is C13H26N2S. The van der Waals surface area contributed by atoms with Crippen molar-refractivity contribution in [3.05, 3.63) is 0 Å². The molecule has 94 valence electrons. The molecule has 1 fully saturated rings. The molecule has 3 heteroatoms. The van der Waals surface area contributed by atoms with Crippen LogP contribution in [-0.4, -0.2) is 17.7 Å². The highest BCUT2D eigenvalue weighted by molar-refractivity contribution is 7.80. The maximum absolute atomic E-state index is 5.32. The fraction of sp³-hybridized carbons (Fsp3) is 0.923. The van der Waals surface area contributed by atoms with Crippen molar-refractivity contribution in [3.8, 4) is 0 Å². The van der Waals surface area contributed by atoms with Gasteiger partial charge in [-0.1, -0.05) is 40.0 Å². The zero-order valence-corrected chi connectivity index (χ0v) is 11.7. The molecule has 2 N–H and O–H groups in total. The van der Waals surface area contributed by atoms with Crippen LogP contribution in [0.3, 0.4) is 0 Å². The monoisotopic (exact) mass is 242 g/mol. The van der Waals surface area contributed by atoms with Gasteiger partial charge in [0.1, 0.15) is 0 Å². The largest absolute Gasteiger partial charge is 0.362 e. The molecule has 1 aliphatic carbocycles. The molecule has 16 heavy (non-hydrogen) atoms. The van der Waals surface area contributed by atoms with Gasteiger partial charge in [0.25, 0.3) is 0 Å². The van der Waals surface area contributed by atoms with E-state index in [1.807, 2.05) is 0 Å². The second kappa shape index (κ2) is 7.10. The van der Waals surface area contributed by atoms with Gasteiger partial charge in [-0.05, 0) is 36.9 Å². The molecule has 0 amide bonds. The van der Waals surface area contributed by atoms with Crippen molar-refractivity contribution in [3.63, 3.8) is 0 Å². The van der Waals surface area contributed by atoms with E-state index in [1.165, 1.54) is 32.1 Å². The van der Waals surface area contributed by atoms with Crippen LogP contribution in [0, 0.1) is 11.8 Å². The first kappa shape index (κ1) is 13.8. The lowest BCUT2D eigenvalue weighted by molar-refractivity contribution is 0.399. The lowest BCUT2D eigenvalue weighted by Crippen LogP contribution is -2.44. The molecule has 1 rings (SSSR count). The quantitative estimate of drug-likeness (QED) is 0.741.